The van der Waals surface area contributed by atoms with Gasteiger partial charge in [0.15, 0.2) is 0 Å². The highest BCUT2D eigenvalue weighted by Crippen LogP contribution is 2.17. The smallest absolute Gasteiger partial charge is 0.140 e. The summed E-state index contributed by atoms with van der Waals surface area (Å²) in [6, 6.07) is 4.04. The molecular weight excluding hydrogens is 254 g/mol. The van der Waals surface area contributed by atoms with E-state index in [-0.39, 0.29) is 6.04 Å². The summed E-state index contributed by atoms with van der Waals surface area (Å²) in [5, 5.41) is 3.90. The molecule has 0 fully saturated rings. The lowest BCUT2D eigenvalue weighted by atomic mass is 10.1. The third-order valence-electron chi connectivity index (χ3n) is 3.36. The van der Waals surface area contributed by atoms with Crippen LogP contribution in [0, 0.1) is 13.8 Å². The monoisotopic (exact) mass is 275 g/mol. The predicted octanol–water partition coefficient (Wildman–Crippen LogP) is 2.55. The first-order valence-corrected chi connectivity index (χ1v) is 6.85. The number of pyridine rings is 1. The van der Waals surface area contributed by atoms with Crippen LogP contribution < -0.4 is 10.5 Å². The molecule has 0 amide bonds. The molecule has 0 saturated heterocycles. The maximum Gasteiger partial charge on any atom is 0.140 e. The third kappa shape index (κ3) is 3.57. The minimum atomic E-state index is 0.163. The quantitative estimate of drug-likeness (QED) is 0.877. The topological polar surface area (TPSA) is 74.2 Å². The number of hydrogen-bond donors (Lipinski definition) is 1. The summed E-state index contributed by atoms with van der Waals surface area (Å²) >= 11 is 0. The maximum atomic E-state index is 5.91. The first-order chi connectivity index (χ1) is 9.60. The average Bonchev–Trinajstić information content (AvgIpc) is 2.77. The van der Waals surface area contributed by atoms with Crippen molar-refractivity contribution in [2.45, 2.75) is 46.3 Å². The Labute approximate surface area is 119 Å². The minimum Gasteiger partial charge on any atom is -0.487 e. The molecule has 0 aliphatic heterocycles. The summed E-state index contributed by atoms with van der Waals surface area (Å²) < 4.78 is 10.8. The van der Waals surface area contributed by atoms with Gasteiger partial charge in [0.1, 0.15) is 18.1 Å². The highest BCUT2D eigenvalue weighted by atomic mass is 16.5. The second-order valence-corrected chi connectivity index (χ2v) is 4.95. The molecule has 2 heterocycles. The van der Waals surface area contributed by atoms with Crippen LogP contribution in [0.4, 0.5) is 0 Å². The van der Waals surface area contributed by atoms with Crippen LogP contribution in [-0.4, -0.2) is 16.2 Å². The Kier molecular flexibility index (Phi) is 4.74. The van der Waals surface area contributed by atoms with Crippen LogP contribution in [0.5, 0.6) is 5.75 Å². The number of nitrogens with two attached hydrogens (primary N) is 1. The number of ether oxygens (including phenoxy) is 1. The van der Waals surface area contributed by atoms with E-state index in [1.54, 1.807) is 6.20 Å². The van der Waals surface area contributed by atoms with Crippen molar-refractivity contribution < 1.29 is 9.26 Å². The fourth-order valence-corrected chi connectivity index (χ4v) is 1.89. The molecule has 0 aromatic carbocycles. The Hall–Kier alpha value is -1.88. The summed E-state index contributed by atoms with van der Waals surface area (Å²) in [7, 11) is 0. The van der Waals surface area contributed by atoms with E-state index in [0.29, 0.717) is 6.61 Å². The van der Waals surface area contributed by atoms with Gasteiger partial charge in [0, 0.05) is 18.2 Å². The molecule has 2 aromatic heterocycles. The molecule has 0 aliphatic carbocycles. The zero-order chi connectivity index (χ0) is 14.5. The van der Waals surface area contributed by atoms with Gasteiger partial charge in [-0.1, -0.05) is 12.1 Å². The average molecular weight is 275 g/mol. The molecule has 5 nitrogen and oxygen atoms in total. The van der Waals surface area contributed by atoms with E-state index in [1.165, 1.54) is 0 Å². The summed E-state index contributed by atoms with van der Waals surface area (Å²) in [5.74, 6) is 1.53. The van der Waals surface area contributed by atoms with E-state index in [1.807, 2.05) is 26.0 Å². The van der Waals surface area contributed by atoms with Crippen LogP contribution in [0.1, 0.15) is 36.1 Å². The van der Waals surface area contributed by atoms with Gasteiger partial charge in [-0.05, 0) is 32.4 Å². The Morgan fingerprint density at radius 3 is 2.70 bits per heavy atom. The molecule has 0 saturated carbocycles. The van der Waals surface area contributed by atoms with E-state index in [0.717, 1.165) is 41.3 Å². The van der Waals surface area contributed by atoms with E-state index >= 15 is 0 Å². The van der Waals surface area contributed by atoms with Crippen molar-refractivity contribution in [1.82, 2.24) is 10.1 Å². The van der Waals surface area contributed by atoms with Crippen molar-refractivity contribution in [2.75, 3.05) is 0 Å². The number of aryl methyl sites for hydroxylation is 2. The number of nitrogens with zero attached hydrogens (tertiary/aromatic N) is 2. The van der Waals surface area contributed by atoms with Crippen LogP contribution in [0.25, 0.3) is 0 Å². The van der Waals surface area contributed by atoms with Gasteiger partial charge in [0.05, 0.1) is 17.5 Å². The van der Waals surface area contributed by atoms with Crippen molar-refractivity contribution in [1.29, 1.82) is 0 Å². The highest BCUT2D eigenvalue weighted by Gasteiger charge is 2.09. The second-order valence-electron chi connectivity index (χ2n) is 4.95. The van der Waals surface area contributed by atoms with Gasteiger partial charge in [0.25, 0.3) is 0 Å². The van der Waals surface area contributed by atoms with Gasteiger partial charge in [-0.15, -0.1) is 0 Å². The van der Waals surface area contributed by atoms with Crippen molar-refractivity contribution in [3.8, 4) is 5.75 Å². The molecule has 5 heteroatoms. The zero-order valence-corrected chi connectivity index (χ0v) is 12.2. The summed E-state index contributed by atoms with van der Waals surface area (Å²) in [5.41, 5.74) is 8.75. The molecule has 0 spiro atoms. The Morgan fingerprint density at radius 1 is 1.35 bits per heavy atom. The van der Waals surface area contributed by atoms with Gasteiger partial charge in [-0.3, -0.25) is 4.98 Å². The Bertz CT molecular complexity index is 529. The number of aromatic nitrogens is 2. The maximum absolute atomic E-state index is 5.91. The van der Waals surface area contributed by atoms with Crippen molar-refractivity contribution in [3.05, 3.63) is 41.0 Å². The van der Waals surface area contributed by atoms with Gasteiger partial charge >= 0.3 is 0 Å². The molecule has 0 bridgehead atoms. The molecular formula is C15H21N3O2. The number of rotatable bonds is 6. The van der Waals surface area contributed by atoms with E-state index in [2.05, 4.69) is 17.1 Å². The molecule has 2 N–H and O–H groups in total. The summed E-state index contributed by atoms with van der Waals surface area (Å²) in [6.07, 6.45) is 3.47. The lowest BCUT2D eigenvalue weighted by Crippen LogP contribution is -2.21. The molecule has 2 rings (SSSR count). The summed E-state index contributed by atoms with van der Waals surface area (Å²) in [4.78, 5) is 4.37. The van der Waals surface area contributed by atoms with Gasteiger partial charge in [-0.25, -0.2) is 0 Å². The largest absolute Gasteiger partial charge is 0.487 e. The molecule has 0 radical (unpaired) electrons. The first-order valence-electron chi connectivity index (χ1n) is 6.85. The van der Waals surface area contributed by atoms with E-state index < -0.39 is 0 Å². The molecule has 20 heavy (non-hydrogen) atoms. The van der Waals surface area contributed by atoms with Gasteiger partial charge < -0.3 is 15.0 Å². The fraction of sp³-hybridized carbons (Fsp3) is 0.467. The molecule has 0 aliphatic rings. The lowest BCUT2D eigenvalue weighted by molar-refractivity contribution is 0.300. The SMILES string of the molecule is CCC(N)Cc1ccc(OCc2c(C)noc2C)cn1. The van der Waals surface area contributed by atoms with Crippen molar-refractivity contribution >= 4 is 0 Å². The Morgan fingerprint density at radius 2 is 2.15 bits per heavy atom. The number of hydrogen-bond acceptors (Lipinski definition) is 5. The van der Waals surface area contributed by atoms with Crippen LogP contribution in [-0.2, 0) is 13.0 Å². The Balaban J connectivity index is 1.94. The molecule has 1 atom stereocenters. The standard InChI is InChI=1S/C15H21N3O2/c1-4-12(16)7-13-5-6-14(8-17-13)19-9-15-10(2)18-20-11(15)3/h5-6,8,12H,4,7,9,16H2,1-3H3. The van der Waals surface area contributed by atoms with Crippen molar-refractivity contribution in [2.24, 2.45) is 5.73 Å². The molecule has 108 valence electrons. The summed E-state index contributed by atoms with van der Waals surface area (Å²) in [6.45, 7) is 6.30. The predicted molar refractivity (Wildman–Crippen MR) is 76.5 cm³/mol. The van der Waals surface area contributed by atoms with Crippen LogP contribution in [0.15, 0.2) is 22.9 Å². The van der Waals surface area contributed by atoms with E-state index in [9.17, 15) is 0 Å². The van der Waals surface area contributed by atoms with Gasteiger partial charge in [-0.2, -0.15) is 0 Å². The van der Waals surface area contributed by atoms with E-state index in [4.69, 9.17) is 15.0 Å². The zero-order valence-electron chi connectivity index (χ0n) is 12.2. The minimum absolute atomic E-state index is 0.163. The normalized spacial score (nSPS) is 12.4. The van der Waals surface area contributed by atoms with Crippen LogP contribution >= 0.6 is 0 Å². The highest BCUT2D eigenvalue weighted by molar-refractivity contribution is 5.23. The third-order valence-corrected chi connectivity index (χ3v) is 3.36. The molecule has 1 unspecified atom stereocenters. The molecule has 2 aromatic rings. The fourth-order valence-electron chi connectivity index (χ4n) is 1.89. The first kappa shape index (κ1) is 14.5. The van der Waals surface area contributed by atoms with Crippen LogP contribution in [0.3, 0.4) is 0 Å². The second kappa shape index (κ2) is 6.52. The van der Waals surface area contributed by atoms with Gasteiger partial charge in [0.2, 0.25) is 0 Å². The van der Waals surface area contributed by atoms with Crippen LogP contribution in [0.2, 0.25) is 0 Å². The van der Waals surface area contributed by atoms with Crippen molar-refractivity contribution in [3.63, 3.8) is 0 Å². The lowest BCUT2D eigenvalue weighted by Gasteiger charge is -2.09.